The van der Waals surface area contributed by atoms with E-state index >= 15 is 4.39 Å². The summed E-state index contributed by atoms with van der Waals surface area (Å²) in [6.07, 6.45) is 6.43. The Balaban J connectivity index is 1.14. The summed E-state index contributed by atoms with van der Waals surface area (Å²) >= 11 is 0. The van der Waals surface area contributed by atoms with E-state index in [1.165, 1.54) is 6.07 Å². The Morgan fingerprint density at radius 2 is 1.92 bits per heavy atom. The van der Waals surface area contributed by atoms with Crippen LogP contribution in [-0.2, 0) is 16.0 Å². The second-order valence-corrected chi connectivity index (χ2v) is 11.7. The summed E-state index contributed by atoms with van der Waals surface area (Å²) in [7, 11) is 2.12. The molecule has 3 saturated heterocycles. The molecule has 1 aromatic carbocycles. The molecule has 5 aliphatic rings. The van der Waals surface area contributed by atoms with Crippen LogP contribution in [0.3, 0.4) is 0 Å². The zero-order valence-corrected chi connectivity index (χ0v) is 21.1. The number of hydrogen-bond donors (Lipinski definition) is 2. The molecule has 4 aliphatic heterocycles. The van der Waals surface area contributed by atoms with Crippen LogP contribution < -0.4 is 20.4 Å². The molecule has 10 heteroatoms. The maximum Gasteiger partial charge on any atom is 0.244 e. The van der Waals surface area contributed by atoms with E-state index in [2.05, 4.69) is 32.5 Å². The normalized spacial score (nSPS) is 26.9. The smallest absolute Gasteiger partial charge is 0.244 e. The fourth-order valence-corrected chi connectivity index (χ4v) is 7.27. The number of aromatic nitrogens is 2. The summed E-state index contributed by atoms with van der Waals surface area (Å²) in [4.78, 5) is 41.9. The van der Waals surface area contributed by atoms with Gasteiger partial charge >= 0.3 is 0 Å². The summed E-state index contributed by atoms with van der Waals surface area (Å²) in [6.45, 7) is 4.44. The number of amides is 2. The molecule has 2 aromatic rings. The van der Waals surface area contributed by atoms with Crippen molar-refractivity contribution >= 4 is 35.0 Å². The summed E-state index contributed by atoms with van der Waals surface area (Å²) in [6, 6.07) is 5.17. The van der Waals surface area contributed by atoms with Gasteiger partial charge in [0.15, 0.2) is 0 Å². The highest BCUT2D eigenvalue weighted by atomic mass is 19.1. The molecule has 2 N–H and O–H groups in total. The van der Waals surface area contributed by atoms with Gasteiger partial charge in [0.2, 0.25) is 17.8 Å². The molecule has 37 heavy (non-hydrogen) atoms. The van der Waals surface area contributed by atoms with Gasteiger partial charge in [-0.25, -0.2) is 9.37 Å². The minimum atomic E-state index is -1.06. The van der Waals surface area contributed by atoms with Crippen molar-refractivity contribution in [2.45, 2.75) is 44.6 Å². The number of benzene rings is 1. The van der Waals surface area contributed by atoms with Crippen molar-refractivity contribution in [1.29, 1.82) is 0 Å². The van der Waals surface area contributed by atoms with Crippen LogP contribution in [0.2, 0.25) is 0 Å². The first-order valence-electron chi connectivity index (χ1n) is 13.3. The van der Waals surface area contributed by atoms with Crippen molar-refractivity contribution in [2.75, 3.05) is 54.9 Å². The lowest BCUT2D eigenvalue weighted by Gasteiger charge is -2.60. The first-order chi connectivity index (χ1) is 17.9. The van der Waals surface area contributed by atoms with Crippen LogP contribution in [0.4, 0.5) is 27.5 Å². The van der Waals surface area contributed by atoms with Gasteiger partial charge in [0.1, 0.15) is 17.1 Å². The van der Waals surface area contributed by atoms with E-state index in [0.29, 0.717) is 47.9 Å². The van der Waals surface area contributed by atoms with Crippen LogP contribution in [0.25, 0.3) is 0 Å². The lowest BCUT2D eigenvalue weighted by molar-refractivity contribution is -0.140. The van der Waals surface area contributed by atoms with E-state index in [1.54, 1.807) is 11.1 Å². The third-order valence-electron chi connectivity index (χ3n) is 8.96. The summed E-state index contributed by atoms with van der Waals surface area (Å²) in [5.74, 6) is 0.276. The third-order valence-corrected chi connectivity index (χ3v) is 8.96. The van der Waals surface area contributed by atoms with E-state index in [9.17, 15) is 9.59 Å². The molecule has 0 radical (unpaired) electrons. The number of likely N-dealkylation sites (tertiary alicyclic amines) is 1. The van der Waals surface area contributed by atoms with Crippen molar-refractivity contribution in [3.63, 3.8) is 0 Å². The van der Waals surface area contributed by atoms with Crippen molar-refractivity contribution in [1.82, 2.24) is 20.2 Å². The fraction of sp³-hybridized carbons (Fsp3) is 0.556. The topological polar surface area (TPSA) is 93.7 Å². The van der Waals surface area contributed by atoms with Crippen LogP contribution >= 0.6 is 0 Å². The van der Waals surface area contributed by atoms with Gasteiger partial charge in [-0.2, -0.15) is 4.98 Å². The van der Waals surface area contributed by atoms with E-state index in [-0.39, 0.29) is 23.7 Å². The number of halogens is 1. The van der Waals surface area contributed by atoms with Crippen LogP contribution in [-0.4, -0.2) is 72.5 Å². The number of hydrogen-bond acceptors (Lipinski definition) is 7. The molecule has 1 aromatic heterocycles. The highest BCUT2D eigenvalue weighted by Crippen LogP contribution is 2.45. The number of carbonyl (C=O) groups excluding carboxylic acids is 2. The summed E-state index contributed by atoms with van der Waals surface area (Å²) in [5.41, 5.74) is 1.26. The van der Waals surface area contributed by atoms with Gasteiger partial charge in [0.05, 0.1) is 5.69 Å². The maximum absolute atomic E-state index is 15.0. The number of anilines is 4. The summed E-state index contributed by atoms with van der Waals surface area (Å²) in [5, 5.41) is 5.99. The van der Waals surface area contributed by atoms with Crippen LogP contribution in [0, 0.1) is 16.6 Å². The Bertz CT molecular complexity index is 1280. The monoisotopic (exact) mass is 505 g/mol. The fourth-order valence-electron chi connectivity index (χ4n) is 7.27. The quantitative estimate of drug-likeness (QED) is 0.617. The Morgan fingerprint density at radius 1 is 1.14 bits per heavy atom. The molecule has 7 rings (SSSR count). The van der Waals surface area contributed by atoms with Crippen molar-refractivity contribution < 1.29 is 14.0 Å². The Morgan fingerprint density at radius 3 is 2.59 bits per heavy atom. The molecule has 5 heterocycles. The number of nitrogens with one attached hydrogen (secondary N) is 2. The van der Waals surface area contributed by atoms with Gasteiger partial charge in [-0.3, -0.25) is 14.5 Å². The highest BCUT2D eigenvalue weighted by molar-refractivity contribution is 6.14. The molecular formula is C27H32FN7O2. The molecule has 9 nitrogen and oxygen atoms in total. The summed E-state index contributed by atoms with van der Waals surface area (Å²) < 4.78 is 15.0. The molecule has 2 spiro atoms. The molecule has 0 bridgehead atoms. The van der Waals surface area contributed by atoms with Crippen molar-refractivity contribution in [3.8, 4) is 0 Å². The van der Waals surface area contributed by atoms with E-state index in [0.717, 1.165) is 57.4 Å². The first kappa shape index (κ1) is 22.9. The molecule has 1 atom stereocenters. The zero-order chi connectivity index (χ0) is 25.4. The van der Waals surface area contributed by atoms with E-state index in [4.69, 9.17) is 4.98 Å². The Kier molecular flexibility index (Phi) is 5.02. The highest BCUT2D eigenvalue weighted by Gasteiger charge is 2.56. The first-order valence-corrected chi connectivity index (χ1v) is 13.3. The van der Waals surface area contributed by atoms with Crippen LogP contribution in [0.15, 0.2) is 24.4 Å². The van der Waals surface area contributed by atoms with Crippen LogP contribution in [0.1, 0.15) is 37.7 Å². The molecular weight excluding hydrogens is 473 g/mol. The van der Waals surface area contributed by atoms with E-state index in [1.807, 2.05) is 12.1 Å². The molecule has 2 amide bonds. The average molecular weight is 506 g/mol. The third kappa shape index (κ3) is 3.52. The standard InChI is InChI=1S/C27H32FN7O2/c1-33-13-26(14-33)15-34(16-26)21-7-6-18(10-20(21)28)31-25-30-12-17-11-27(8-9-29-23(27)36)24(37)35(22(17)32-25)19-4-2-3-5-19/h6-7,10,12,19H,2-5,8-9,11,13-16H2,1H3,(H,29,36)(H,30,31,32)/t27-/m1/s1. The minimum absolute atomic E-state index is 0.0339. The average Bonchev–Trinajstić information content (AvgIpc) is 3.48. The predicted octanol–water partition coefficient (Wildman–Crippen LogP) is 2.45. The lowest BCUT2D eigenvalue weighted by atomic mass is 9.73. The molecule has 194 valence electrons. The second kappa shape index (κ2) is 8.11. The van der Waals surface area contributed by atoms with Crippen molar-refractivity contribution in [2.24, 2.45) is 10.8 Å². The van der Waals surface area contributed by atoms with Gasteiger partial charge < -0.3 is 20.4 Å². The number of fused-ring (bicyclic) bond motifs is 1. The molecule has 4 fully saturated rings. The number of rotatable bonds is 4. The zero-order valence-electron chi connectivity index (χ0n) is 21.1. The van der Waals surface area contributed by atoms with Crippen LogP contribution in [0.5, 0.6) is 0 Å². The van der Waals surface area contributed by atoms with Crippen molar-refractivity contribution in [3.05, 3.63) is 35.8 Å². The van der Waals surface area contributed by atoms with Gasteiger partial charge in [0, 0.05) is 68.0 Å². The Labute approximate surface area is 215 Å². The molecule has 0 unspecified atom stereocenters. The number of carbonyl (C=O) groups is 2. The molecule has 1 saturated carbocycles. The SMILES string of the molecule is CN1CC2(C1)CN(c1ccc(Nc3ncc4c(n3)N(C3CCCC3)C(=O)[C@]3(CCNC3=O)C4)cc1F)C2. The van der Waals surface area contributed by atoms with Gasteiger partial charge in [-0.05, 0) is 44.5 Å². The van der Waals surface area contributed by atoms with Gasteiger partial charge in [0.25, 0.3) is 0 Å². The van der Waals surface area contributed by atoms with Gasteiger partial charge in [-0.1, -0.05) is 12.8 Å². The maximum atomic E-state index is 15.0. The largest absolute Gasteiger partial charge is 0.368 e. The second-order valence-electron chi connectivity index (χ2n) is 11.7. The van der Waals surface area contributed by atoms with E-state index < -0.39 is 5.41 Å². The van der Waals surface area contributed by atoms with Gasteiger partial charge in [-0.15, -0.1) is 0 Å². The predicted molar refractivity (Wildman–Crippen MR) is 137 cm³/mol. The number of nitrogens with zero attached hydrogens (tertiary/aromatic N) is 5. The Hall–Kier alpha value is -3.27. The molecule has 1 aliphatic carbocycles. The minimum Gasteiger partial charge on any atom is -0.368 e. The lowest BCUT2D eigenvalue weighted by Crippen LogP contribution is -2.71.